The van der Waals surface area contributed by atoms with Gasteiger partial charge in [0, 0.05) is 24.3 Å². The molecule has 0 saturated heterocycles. The number of aliphatic hydroxyl groups excluding tert-OH is 1. The second-order valence-corrected chi connectivity index (χ2v) is 5.38. The summed E-state index contributed by atoms with van der Waals surface area (Å²) in [5.41, 5.74) is 6.47. The second kappa shape index (κ2) is 5.99. The lowest BCUT2D eigenvalue weighted by molar-refractivity contribution is 0.0947. The SMILES string of the molecule is CCC(O)CCNC(=O)c1sc2cnccc2c1N. The van der Waals surface area contributed by atoms with Gasteiger partial charge in [-0.3, -0.25) is 9.78 Å². The van der Waals surface area contributed by atoms with Crippen LogP contribution in [0.1, 0.15) is 29.4 Å². The van der Waals surface area contributed by atoms with Crippen LogP contribution in [0.4, 0.5) is 5.69 Å². The van der Waals surface area contributed by atoms with E-state index in [4.69, 9.17) is 5.73 Å². The van der Waals surface area contributed by atoms with E-state index in [1.807, 2.05) is 6.92 Å². The number of aliphatic hydroxyl groups is 1. The molecular weight excluding hydrogens is 262 g/mol. The quantitative estimate of drug-likeness (QED) is 0.778. The van der Waals surface area contributed by atoms with Crippen molar-refractivity contribution in [3.05, 3.63) is 23.3 Å². The van der Waals surface area contributed by atoms with Crippen molar-refractivity contribution in [3.63, 3.8) is 0 Å². The van der Waals surface area contributed by atoms with Gasteiger partial charge in [-0.2, -0.15) is 0 Å². The van der Waals surface area contributed by atoms with Crippen LogP contribution in [0.25, 0.3) is 10.1 Å². The van der Waals surface area contributed by atoms with Crippen LogP contribution < -0.4 is 11.1 Å². The highest BCUT2D eigenvalue weighted by atomic mass is 32.1. The third-order valence-corrected chi connectivity index (χ3v) is 4.13. The van der Waals surface area contributed by atoms with E-state index in [-0.39, 0.29) is 12.0 Å². The van der Waals surface area contributed by atoms with Gasteiger partial charge in [-0.25, -0.2) is 0 Å². The molecule has 0 saturated carbocycles. The molecule has 2 rings (SSSR count). The lowest BCUT2D eigenvalue weighted by Crippen LogP contribution is -2.26. The lowest BCUT2D eigenvalue weighted by atomic mass is 10.2. The van der Waals surface area contributed by atoms with Crippen molar-refractivity contribution in [2.45, 2.75) is 25.9 Å². The van der Waals surface area contributed by atoms with E-state index in [2.05, 4.69) is 10.3 Å². The van der Waals surface area contributed by atoms with Crippen molar-refractivity contribution in [2.24, 2.45) is 0 Å². The van der Waals surface area contributed by atoms with Crippen molar-refractivity contribution in [1.82, 2.24) is 10.3 Å². The molecule has 2 aromatic rings. The summed E-state index contributed by atoms with van der Waals surface area (Å²) in [5, 5.41) is 13.1. The Morgan fingerprint density at radius 2 is 2.42 bits per heavy atom. The predicted octanol–water partition coefficient (Wildman–Crippen LogP) is 1.77. The Bertz CT molecular complexity index is 582. The molecule has 5 nitrogen and oxygen atoms in total. The van der Waals surface area contributed by atoms with Gasteiger partial charge in [0.2, 0.25) is 0 Å². The fourth-order valence-corrected chi connectivity index (χ4v) is 2.78. The number of amides is 1. The zero-order chi connectivity index (χ0) is 13.8. The van der Waals surface area contributed by atoms with E-state index in [0.29, 0.717) is 30.0 Å². The summed E-state index contributed by atoms with van der Waals surface area (Å²) in [6.07, 6.45) is 4.23. The van der Waals surface area contributed by atoms with Gasteiger partial charge in [0.15, 0.2) is 0 Å². The Labute approximate surface area is 115 Å². The molecule has 19 heavy (non-hydrogen) atoms. The van der Waals surface area contributed by atoms with Gasteiger partial charge in [-0.05, 0) is 18.9 Å². The summed E-state index contributed by atoms with van der Waals surface area (Å²) >= 11 is 1.33. The first-order chi connectivity index (χ1) is 9.13. The van der Waals surface area contributed by atoms with E-state index >= 15 is 0 Å². The van der Waals surface area contributed by atoms with Gasteiger partial charge < -0.3 is 16.2 Å². The number of hydrogen-bond acceptors (Lipinski definition) is 5. The number of fused-ring (bicyclic) bond motifs is 1. The first-order valence-corrected chi connectivity index (χ1v) is 7.03. The number of anilines is 1. The van der Waals surface area contributed by atoms with Crippen molar-refractivity contribution in [3.8, 4) is 0 Å². The summed E-state index contributed by atoms with van der Waals surface area (Å²) in [6.45, 7) is 2.35. The third kappa shape index (κ3) is 3.02. The molecule has 0 spiro atoms. The number of nitrogens with zero attached hydrogens (tertiary/aromatic N) is 1. The van der Waals surface area contributed by atoms with E-state index in [1.165, 1.54) is 11.3 Å². The van der Waals surface area contributed by atoms with Gasteiger partial charge in [0.05, 0.1) is 16.5 Å². The molecule has 0 radical (unpaired) electrons. The summed E-state index contributed by atoms with van der Waals surface area (Å²) in [6, 6.07) is 1.80. The van der Waals surface area contributed by atoms with Crippen molar-refractivity contribution in [2.75, 3.05) is 12.3 Å². The zero-order valence-electron chi connectivity index (χ0n) is 10.7. The van der Waals surface area contributed by atoms with Crippen molar-refractivity contribution in [1.29, 1.82) is 0 Å². The molecule has 1 atom stereocenters. The standard InChI is InChI=1S/C13H17N3O2S/c1-2-8(17)3-6-16-13(18)12-11(14)9-4-5-15-7-10(9)19-12/h4-5,7-8,17H,2-3,6,14H2,1H3,(H,16,18). The molecular formula is C13H17N3O2S. The highest BCUT2D eigenvalue weighted by Gasteiger charge is 2.16. The maximum atomic E-state index is 12.0. The normalized spacial score (nSPS) is 12.5. The third-order valence-electron chi connectivity index (χ3n) is 2.97. The number of carbonyl (C=O) groups excluding carboxylic acids is 1. The Hall–Kier alpha value is -1.66. The minimum atomic E-state index is -0.371. The molecule has 6 heteroatoms. The van der Waals surface area contributed by atoms with Crippen LogP contribution in [0, 0.1) is 0 Å². The Morgan fingerprint density at radius 1 is 1.63 bits per heavy atom. The summed E-state index contributed by atoms with van der Waals surface area (Å²) in [4.78, 5) is 16.5. The molecule has 0 aliphatic rings. The monoisotopic (exact) mass is 279 g/mol. The predicted molar refractivity (Wildman–Crippen MR) is 77.3 cm³/mol. The summed E-state index contributed by atoms with van der Waals surface area (Å²) in [5.74, 6) is -0.193. The maximum absolute atomic E-state index is 12.0. The first kappa shape index (κ1) is 13.8. The fourth-order valence-electron chi connectivity index (χ4n) is 1.78. The van der Waals surface area contributed by atoms with Crippen LogP contribution in [0.5, 0.6) is 0 Å². The average molecular weight is 279 g/mol. The van der Waals surface area contributed by atoms with E-state index in [9.17, 15) is 9.90 Å². The highest BCUT2D eigenvalue weighted by molar-refractivity contribution is 7.21. The second-order valence-electron chi connectivity index (χ2n) is 4.32. The van der Waals surface area contributed by atoms with Crippen LogP contribution in [-0.2, 0) is 0 Å². The van der Waals surface area contributed by atoms with Crippen LogP contribution in [0.15, 0.2) is 18.5 Å². The van der Waals surface area contributed by atoms with E-state index < -0.39 is 0 Å². The van der Waals surface area contributed by atoms with Gasteiger partial charge >= 0.3 is 0 Å². The molecule has 4 N–H and O–H groups in total. The summed E-state index contributed by atoms with van der Waals surface area (Å²) < 4.78 is 0.902. The Balaban J connectivity index is 2.07. The molecule has 0 aliphatic heterocycles. The number of rotatable bonds is 5. The van der Waals surface area contributed by atoms with Crippen LogP contribution in [0.2, 0.25) is 0 Å². The Morgan fingerprint density at radius 3 is 3.11 bits per heavy atom. The van der Waals surface area contributed by atoms with Crippen LogP contribution >= 0.6 is 11.3 Å². The Kier molecular flexibility index (Phi) is 4.34. The minimum Gasteiger partial charge on any atom is -0.397 e. The fraction of sp³-hybridized carbons (Fsp3) is 0.385. The number of nitrogens with one attached hydrogen (secondary N) is 1. The molecule has 102 valence electrons. The van der Waals surface area contributed by atoms with Crippen LogP contribution in [-0.4, -0.2) is 28.6 Å². The molecule has 0 aromatic carbocycles. The molecule has 0 aliphatic carbocycles. The van der Waals surface area contributed by atoms with Crippen molar-refractivity contribution >= 4 is 33.0 Å². The number of aromatic nitrogens is 1. The van der Waals surface area contributed by atoms with E-state index in [1.54, 1.807) is 18.5 Å². The minimum absolute atomic E-state index is 0.193. The number of hydrogen-bond donors (Lipinski definition) is 3. The van der Waals surface area contributed by atoms with E-state index in [0.717, 1.165) is 10.1 Å². The average Bonchev–Trinajstić information content (AvgIpc) is 2.76. The first-order valence-electron chi connectivity index (χ1n) is 6.21. The largest absolute Gasteiger partial charge is 0.397 e. The number of nitrogens with two attached hydrogens (primary N) is 1. The van der Waals surface area contributed by atoms with Crippen molar-refractivity contribution < 1.29 is 9.90 Å². The molecule has 0 bridgehead atoms. The molecule has 2 heterocycles. The number of nitrogen functional groups attached to an aromatic ring is 1. The zero-order valence-corrected chi connectivity index (χ0v) is 11.5. The van der Waals surface area contributed by atoms with Gasteiger partial charge in [0.1, 0.15) is 4.88 Å². The smallest absolute Gasteiger partial charge is 0.263 e. The number of thiophene rings is 1. The highest BCUT2D eigenvalue weighted by Crippen LogP contribution is 2.32. The van der Waals surface area contributed by atoms with Gasteiger partial charge in [-0.15, -0.1) is 11.3 Å². The molecule has 0 fully saturated rings. The van der Waals surface area contributed by atoms with Crippen LogP contribution in [0.3, 0.4) is 0 Å². The molecule has 2 aromatic heterocycles. The molecule has 1 amide bonds. The lowest BCUT2D eigenvalue weighted by Gasteiger charge is -2.08. The number of pyridine rings is 1. The summed E-state index contributed by atoms with van der Waals surface area (Å²) in [7, 11) is 0. The van der Waals surface area contributed by atoms with Gasteiger partial charge in [0.25, 0.3) is 5.91 Å². The van der Waals surface area contributed by atoms with Gasteiger partial charge in [-0.1, -0.05) is 6.92 Å². The molecule has 1 unspecified atom stereocenters. The topological polar surface area (TPSA) is 88.2 Å². The number of carbonyl (C=O) groups is 1. The maximum Gasteiger partial charge on any atom is 0.263 e.